The molecular weight excluding hydrogens is 418 g/mol. The third-order valence-corrected chi connectivity index (χ3v) is 7.11. The molecule has 166 valence electrons. The predicted molar refractivity (Wildman–Crippen MR) is 118 cm³/mol. The Kier molecular flexibility index (Phi) is 7.45. The number of carbonyl (C=O) groups excluding carboxylic acids is 1. The van der Waals surface area contributed by atoms with E-state index >= 15 is 0 Å². The van der Waals surface area contributed by atoms with Crippen LogP contribution in [0.15, 0.2) is 53.4 Å². The lowest BCUT2D eigenvalue weighted by Crippen LogP contribution is -2.50. The van der Waals surface area contributed by atoms with Crippen molar-refractivity contribution in [3.8, 4) is 5.75 Å². The van der Waals surface area contributed by atoms with E-state index < -0.39 is 0 Å². The summed E-state index contributed by atoms with van der Waals surface area (Å²) in [6.45, 7) is 3.44. The molecule has 0 unspecified atom stereocenters. The van der Waals surface area contributed by atoms with E-state index in [4.69, 9.17) is 4.74 Å². The maximum atomic E-state index is 13.8. The Labute approximate surface area is 186 Å². The first-order chi connectivity index (χ1) is 15.1. The smallest absolute Gasteiger partial charge is 0.232 e. The molecular formula is C24H28F2N2O2S. The molecule has 0 aliphatic carbocycles. The van der Waals surface area contributed by atoms with E-state index in [1.165, 1.54) is 30.0 Å². The fourth-order valence-electron chi connectivity index (χ4n) is 4.33. The van der Waals surface area contributed by atoms with Crippen LogP contribution >= 0.6 is 11.8 Å². The number of rotatable bonds is 6. The largest absolute Gasteiger partial charge is 0.487 e. The van der Waals surface area contributed by atoms with E-state index in [1.54, 1.807) is 30.3 Å². The van der Waals surface area contributed by atoms with Gasteiger partial charge in [-0.25, -0.2) is 8.78 Å². The molecule has 1 amide bonds. The van der Waals surface area contributed by atoms with Crippen LogP contribution in [-0.2, 0) is 4.79 Å². The van der Waals surface area contributed by atoms with Crippen molar-refractivity contribution >= 4 is 17.7 Å². The van der Waals surface area contributed by atoms with Gasteiger partial charge in [0.15, 0.2) is 11.6 Å². The fraction of sp³-hybridized carbons (Fsp3) is 0.458. The van der Waals surface area contributed by atoms with Gasteiger partial charge in [0.1, 0.15) is 11.9 Å². The fourth-order valence-corrected chi connectivity index (χ4v) is 5.13. The van der Waals surface area contributed by atoms with Crippen molar-refractivity contribution < 1.29 is 18.3 Å². The van der Waals surface area contributed by atoms with Crippen molar-refractivity contribution in [1.29, 1.82) is 0 Å². The zero-order valence-electron chi connectivity index (χ0n) is 17.5. The zero-order valence-corrected chi connectivity index (χ0v) is 18.3. The Morgan fingerprint density at radius 3 is 2.29 bits per heavy atom. The van der Waals surface area contributed by atoms with E-state index in [-0.39, 0.29) is 23.6 Å². The summed E-state index contributed by atoms with van der Waals surface area (Å²) in [4.78, 5) is 17.9. The molecule has 31 heavy (non-hydrogen) atoms. The highest BCUT2D eigenvalue weighted by atomic mass is 32.2. The van der Waals surface area contributed by atoms with Gasteiger partial charge in [-0.3, -0.25) is 9.69 Å². The van der Waals surface area contributed by atoms with Gasteiger partial charge in [-0.1, -0.05) is 12.1 Å². The van der Waals surface area contributed by atoms with Crippen molar-refractivity contribution in [1.82, 2.24) is 9.80 Å². The minimum atomic E-state index is -0.306. The maximum Gasteiger partial charge on any atom is 0.232 e. The van der Waals surface area contributed by atoms with E-state index in [9.17, 15) is 13.6 Å². The third-order valence-electron chi connectivity index (χ3n) is 6.12. The number of nitrogens with zero attached hydrogens (tertiary/aromatic N) is 2. The molecule has 2 fully saturated rings. The number of piperidine rings is 2. The number of likely N-dealkylation sites (tertiary alicyclic amines) is 2. The molecule has 2 aromatic carbocycles. The van der Waals surface area contributed by atoms with Gasteiger partial charge in [-0.15, -0.1) is 11.8 Å². The standard InChI is InChI=1S/C24H28F2N2O2S/c25-18-5-7-21(8-6-18)31-17-24(29)28-13-9-19(10-14-28)27-15-11-20(12-16-27)30-23-4-2-1-3-22(23)26/h1-8,19-20H,9-17H2. The molecule has 2 saturated heterocycles. The third kappa shape index (κ3) is 5.98. The molecule has 0 spiro atoms. The summed E-state index contributed by atoms with van der Waals surface area (Å²) in [5.74, 6) is 0.297. The molecule has 2 aromatic rings. The van der Waals surface area contributed by atoms with Crippen LogP contribution in [0.25, 0.3) is 0 Å². The second-order valence-electron chi connectivity index (χ2n) is 8.14. The molecule has 2 heterocycles. The molecule has 0 atom stereocenters. The molecule has 2 aliphatic heterocycles. The number of carbonyl (C=O) groups is 1. The second-order valence-corrected chi connectivity index (χ2v) is 9.19. The first-order valence-electron chi connectivity index (χ1n) is 10.9. The van der Waals surface area contributed by atoms with Crippen molar-refractivity contribution in [2.24, 2.45) is 0 Å². The Morgan fingerprint density at radius 2 is 1.61 bits per heavy atom. The number of ether oxygens (including phenoxy) is 1. The van der Waals surface area contributed by atoms with Crippen LogP contribution in [0.2, 0.25) is 0 Å². The van der Waals surface area contributed by atoms with Gasteiger partial charge in [-0.2, -0.15) is 0 Å². The Bertz CT molecular complexity index is 864. The first-order valence-corrected chi connectivity index (χ1v) is 11.9. The van der Waals surface area contributed by atoms with Crippen molar-refractivity contribution in [3.05, 3.63) is 60.2 Å². The summed E-state index contributed by atoms with van der Waals surface area (Å²) in [6, 6.07) is 13.3. The van der Waals surface area contributed by atoms with Gasteiger partial charge < -0.3 is 9.64 Å². The minimum Gasteiger partial charge on any atom is -0.487 e. The predicted octanol–water partition coefficient (Wildman–Crippen LogP) is 4.59. The zero-order chi connectivity index (χ0) is 21.6. The summed E-state index contributed by atoms with van der Waals surface area (Å²) < 4.78 is 32.7. The second kappa shape index (κ2) is 10.5. The average Bonchev–Trinajstić information content (AvgIpc) is 2.81. The Morgan fingerprint density at radius 1 is 0.935 bits per heavy atom. The summed E-state index contributed by atoms with van der Waals surface area (Å²) in [7, 11) is 0. The van der Waals surface area contributed by atoms with Gasteiger partial charge in [0, 0.05) is 37.1 Å². The van der Waals surface area contributed by atoms with Crippen LogP contribution in [0, 0.1) is 11.6 Å². The first kappa shape index (κ1) is 22.1. The van der Waals surface area contributed by atoms with E-state index in [2.05, 4.69) is 4.90 Å². The van der Waals surface area contributed by atoms with Crippen molar-refractivity contribution in [2.45, 2.75) is 42.7 Å². The molecule has 4 nitrogen and oxygen atoms in total. The highest BCUT2D eigenvalue weighted by molar-refractivity contribution is 8.00. The maximum absolute atomic E-state index is 13.8. The van der Waals surface area contributed by atoms with Crippen LogP contribution in [0.3, 0.4) is 0 Å². The number of amides is 1. The van der Waals surface area contributed by atoms with Crippen LogP contribution in [-0.4, -0.2) is 59.8 Å². The molecule has 4 rings (SSSR count). The number of thioether (sulfide) groups is 1. The lowest BCUT2D eigenvalue weighted by molar-refractivity contribution is -0.130. The quantitative estimate of drug-likeness (QED) is 0.608. The highest BCUT2D eigenvalue weighted by Gasteiger charge is 2.30. The molecule has 0 N–H and O–H groups in total. The van der Waals surface area contributed by atoms with Gasteiger partial charge in [-0.05, 0) is 62.1 Å². The lowest BCUT2D eigenvalue weighted by Gasteiger charge is -2.41. The molecule has 0 bridgehead atoms. The van der Waals surface area contributed by atoms with Crippen molar-refractivity contribution in [2.75, 3.05) is 31.9 Å². The Balaban J connectivity index is 1.17. The van der Waals surface area contributed by atoms with Crippen LogP contribution in [0.5, 0.6) is 5.75 Å². The van der Waals surface area contributed by atoms with E-state index in [1.807, 2.05) is 4.90 Å². The summed E-state index contributed by atoms with van der Waals surface area (Å²) >= 11 is 1.45. The number of para-hydroxylation sites is 1. The monoisotopic (exact) mass is 446 g/mol. The summed E-state index contributed by atoms with van der Waals surface area (Å²) in [5.41, 5.74) is 0. The summed E-state index contributed by atoms with van der Waals surface area (Å²) in [6.07, 6.45) is 3.79. The van der Waals surface area contributed by atoms with Crippen LogP contribution in [0.1, 0.15) is 25.7 Å². The number of hydrogen-bond donors (Lipinski definition) is 0. The Hall–Kier alpha value is -2.12. The number of benzene rings is 2. The topological polar surface area (TPSA) is 32.8 Å². The molecule has 0 radical (unpaired) electrons. The molecule has 0 aromatic heterocycles. The normalized spacial score (nSPS) is 18.8. The van der Waals surface area contributed by atoms with Gasteiger partial charge in [0.25, 0.3) is 0 Å². The molecule has 7 heteroatoms. The van der Waals surface area contributed by atoms with Crippen LogP contribution < -0.4 is 4.74 Å². The highest BCUT2D eigenvalue weighted by Crippen LogP contribution is 2.26. The SMILES string of the molecule is O=C(CSc1ccc(F)cc1)N1CCC(N2CCC(Oc3ccccc3F)CC2)CC1. The van der Waals surface area contributed by atoms with E-state index in [0.717, 1.165) is 56.8 Å². The average molecular weight is 447 g/mol. The number of hydrogen-bond acceptors (Lipinski definition) is 4. The number of halogens is 2. The molecule has 0 saturated carbocycles. The van der Waals surface area contributed by atoms with Crippen molar-refractivity contribution in [3.63, 3.8) is 0 Å². The van der Waals surface area contributed by atoms with E-state index in [0.29, 0.717) is 17.5 Å². The summed E-state index contributed by atoms with van der Waals surface area (Å²) in [5, 5.41) is 0. The van der Waals surface area contributed by atoms with Gasteiger partial charge in [0.2, 0.25) is 5.91 Å². The minimum absolute atomic E-state index is 0.0540. The van der Waals surface area contributed by atoms with Gasteiger partial charge >= 0.3 is 0 Å². The van der Waals surface area contributed by atoms with Crippen LogP contribution in [0.4, 0.5) is 8.78 Å². The molecule has 2 aliphatic rings. The lowest BCUT2D eigenvalue weighted by atomic mass is 9.99. The van der Waals surface area contributed by atoms with Gasteiger partial charge in [0.05, 0.1) is 5.75 Å².